The van der Waals surface area contributed by atoms with Crippen LogP contribution < -0.4 is 10.1 Å². The Balaban J connectivity index is 0.000000806. The lowest BCUT2D eigenvalue weighted by Gasteiger charge is -2.17. The monoisotopic (exact) mass is 506 g/mol. The SMILES string of the molecule is CSC.Cn1cc(-c2cc(OC3CCOC3)c3c(Nc4ccc5ncsc5c4)ncnc3c2)cn1. The van der Waals surface area contributed by atoms with E-state index >= 15 is 0 Å². The third-order valence-electron chi connectivity index (χ3n) is 5.52. The van der Waals surface area contributed by atoms with Gasteiger partial charge in [-0.2, -0.15) is 16.9 Å². The molecule has 0 amide bonds. The van der Waals surface area contributed by atoms with Gasteiger partial charge in [-0.3, -0.25) is 4.68 Å². The average Bonchev–Trinajstić information content (AvgIpc) is 3.62. The molecule has 1 unspecified atom stereocenters. The number of nitrogens with zero attached hydrogens (tertiary/aromatic N) is 5. The van der Waals surface area contributed by atoms with Crippen molar-refractivity contribution in [2.75, 3.05) is 31.0 Å². The van der Waals surface area contributed by atoms with Gasteiger partial charge in [-0.25, -0.2) is 15.0 Å². The predicted molar refractivity (Wildman–Crippen MR) is 144 cm³/mol. The molecule has 6 rings (SSSR count). The van der Waals surface area contributed by atoms with Crippen LogP contribution in [0.5, 0.6) is 5.75 Å². The molecular formula is C25H26N6O2S2. The molecular weight excluding hydrogens is 480 g/mol. The molecule has 180 valence electrons. The van der Waals surface area contributed by atoms with Crippen LogP contribution in [0.15, 0.2) is 54.6 Å². The van der Waals surface area contributed by atoms with Crippen molar-refractivity contribution in [1.29, 1.82) is 0 Å². The quantitative estimate of drug-likeness (QED) is 0.333. The third kappa shape index (κ3) is 5.24. The highest BCUT2D eigenvalue weighted by atomic mass is 32.2. The summed E-state index contributed by atoms with van der Waals surface area (Å²) in [5.41, 5.74) is 6.58. The lowest BCUT2D eigenvalue weighted by molar-refractivity contribution is 0.142. The van der Waals surface area contributed by atoms with Crippen molar-refractivity contribution in [1.82, 2.24) is 24.7 Å². The number of ether oxygens (including phenoxy) is 2. The van der Waals surface area contributed by atoms with Crippen LogP contribution in [0.1, 0.15) is 6.42 Å². The van der Waals surface area contributed by atoms with Gasteiger partial charge >= 0.3 is 0 Å². The summed E-state index contributed by atoms with van der Waals surface area (Å²) in [6, 6.07) is 10.2. The molecule has 35 heavy (non-hydrogen) atoms. The molecule has 1 aliphatic heterocycles. The Morgan fingerprint density at radius 2 is 2.00 bits per heavy atom. The fraction of sp³-hybridized carbons (Fsp3) is 0.280. The Hall–Kier alpha value is -3.21. The number of fused-ring (bicyclic) bond motifs is 2. The van der Waals surface area contributed by atoms with Crippen LogP contribution in [0.25, 0.3) is 32.2 Å². The van der Waals surface area contributed by atoms with E-state index in [-0.39, 0.29) is 6.10 Å². The topological polar surface area (TPSA) is 87.0 Å². The van der Waals surface area contributed by atoms with Gasteiger partial charge in [0.1, 0.15) is 24.0 Å². The van der Waals surface area contributed by atoms with Crippen LogP contribution >= 0.6 is 23.1 Å². The minimum absolute atomic E-state index is 0.00366. The number of anilines is 2. The van der Waals surface area contributed by atoms with E-state index < -0.39 is 0 Å². The van der Waals surface area contributed by atoms with Gasteiger partial charge in [0.05, 0.1) is 46.0 Å². The molecule has 1 saturated heterocycles. The fourth-order valence-electron chi connectivity index (χ4n) is 3.93. The summed E-state index contributed by atoms with van der Waals surface area (Å²) in [5.74, 6) is 1.43. The smallest absolute Gasteiger partial charge is 0.145 e. The average molecular weight is 507 g/mol. The van der Waals surface area contributed by atoms with E-state index in [0.717, 1.165) is 50.1 Å². The number of hydrogen-bond donors (Lipinski definition) is 1. The van der Waals surface area contributed by atoms with Crippen LogP contribution in [0.4, 0.5) is 11.5 Å². The zero-order valence-corrected chi connectivity index (χ0v) is 21.4. The molecule has 1 atom stereocenters. The third-order valence-corrected chi connectivity index (χ3v) is 6.31. The van der Waals surface area contributed by atoms with Gasteiger partial charge < -0.3 is 14.8 Å². The molecule has 2 aromatic carbocycles. The Morgan fingerprint density at radius 3 is 2.77 bits per heavy atom. The molecule has 1 N–H and O–H groups in total. The first-order valence-electron chi connectivity index (χ1n) is 11.2. The second-order valence-corrected chi connectivity index (χ2v) is 9.87. The molecule has 0 bridgehead atoms. The largest absolute Gasteiger partial charge is 0.487 e. The number of rotatable bonds is 5. The Labute approximate surface area is 211 Å². The molecule has 5 aromatic rings. The van der Waals surface area contributed by atoms with E-state index in [1.807, 2.05) is 61.7 Å². The fourth-order valence-corrected chi connectivity index (χ4v) is 4.65. The molecule has 8 nitrogen and oxygen atoms in total. The Bertz CT molecular complexity index is 1440. The van der Waals surface area contributed by atoms with E-state index in [9.17, 15) is 0 Å². The minimum Gasteiger partial charge on any atom is -0.487 e. The van der Waals surface area contributed by atoms with Crippen molar-refractivity contribution in [3.05, 3.63) is 54.6 Å². The van der Waals surface area contributed by atoms with Crippen molar-refractivity contribution >= 4 is 55.7 Å². The maximum atomic E-state index is 6.41. The van der Waals surface area contributed by atoms with E-state index in [1.165, 1.54) is 0 Å². The molecule has 4 heterocycles. The predicted octanol–water partition coefficient (Wildman–Crippen LogP) is 5.53. The van der Waals surface area contributed by atoms with Crippen molar-refractivity contribution in [3.63, 3.8) is 0 Å². The number of nitrogens with one attached hydrogen (secondary N) is 1. The number of hydrogen-bond acceptors (Lipinski definition) is 9. The highest BCUT2D eigenvalue weighted by Crippen LogP contribution is 2.37. The number of thiazole rings is 1. The normalized spacial score (nSPS) is 15.2. The zero-order valence-electron chi connectivity index (χ0n) is 19.8. The number of aryl methyl sites for hydroxylation is 1. The molecule has 1 fully saturated rings. The standard InChI is InChI=1S/C23H20N6O2S.C2H6S/c1-29-10-15(9-27-29)14-6-19-22(20(7-14)31-17-4-5-30-11-17)23(25-12-24-19)28-16-2-3-18-21(8-16)32-13-26-18;1-3-2/h2-3,6-10,12-13,17H,4-5,11H2,1H3,(H,24,25,28);1-2H3. The maximum Gasteiger partial charge on any atom is 0.145 e. The Kier molecular flexibility index (Phi) is 7.12. The van der Waals surface area contributed by atoms with Gasteiger partial charge in [0.25, 0.3) is 0 Å². The van der Waals surface area contributed by atoms with Crippen molar-refractivity contribution in [2.24, 2.45) is 7.05 Å². The van der Waals surface area contributed by atoms with Gasteiger partial charge in [0.15, 0.2) is 0 Å². The molecule has 0 radical (unpaired) electrons. The van der Waals surface area contributed by atoms with E-state index in [4.69, 9.17) is 9.47 Å². The summed E-state index contributed by atoms with van der Waals surface area (Å²) in [4.78, 5) is 13.5. The second kappa shape index (κ2) is 10.6. The molecule has 0 saturated carbocycles. The number of aromatic nitrogens is 5. The lowest BCUT2D eigenvalue weighted by Crippen LogP contribution is -2.16. The second-order valence-electron chi connectivity index (χ2n) is 8.17. The Morgan fingerprint density at radius 1 is 1.11 bits per heavy atom. The summed E-state index contributed by atoms with van der Waals surface area (Å²) in [5, 5.41) is 8.61. The zero-order chi connectivity index (χ0) is 24.2. The summed E-state index contributed by atoms with van der Waals surface area (Å²) in [7, 11) is 1.90. The molecule has 0 aliphatic carbocycles. The van der Waals surface area contributed by atoms with Gasteiger partial charge in [0, 0.05) is 30.9 Å². The van der Waals surface area contributed by atoms with E-state index in [1.54, 1.807) is 34.1 Å². The minimum atomic E-state index is 0.00366. The number of thioether (sulfide) groups is 1. The highest BCUT2D eigenvalue weighted by Gasteiger charge is 2.21. The molecule has 0 spiro atoms. The van der Waals surface area contributed by atoms with Gasteiger partial charge in [-0.1, -0.05) is 0 Å². The first-order valence-corrected chi connectivity index (χ1v) is 13.7. The summed E-state index contributed by atoms with van der Waals surface area (Å²) in [6.45, 7) is 1.29. The summed E-state index contributed by atoms with van der Waals surface area (Å²) >= 11 is 3.36. The van der Waals surface area contributed by atoms with E-state index in [0.29, 0.717) is 19.0 Å². The first kappa shape index (κ1) is 23.5. The molecule has 1 aliphatic rings. The van der Waals surface area contributed by atoms with Crippen molar-refractivity contribution in [3.8, 4) is 16.9 Å². The van der Waals surface area contributed by atoms with Crippen LogP contribution in [0, 0.1) is 0 Å². The van der Waals surface area contributed by atoms with Crippen LogP contribution in [-0.2, 0) is 11.8 Å². The van der Waals surface area contributed by atoms with Crippen molar-refractivity contribution < 1.29 is 9.47 Å². The van der Waals surface area contributed by atoms with Gasteiger partial charge in [0.2, 0.25) is 0 Å². The van der Waals surface area contributed by atoms with E-state index in [2.05, 4.69) is 31.4 Å². The van der Waals surface area contributed by atoms with Gasteiger partial charge in [-0.05, 0) is 48.4 Å². The van der Waals surface area contributed by atoms with Crippen molar-refractivity contribution in [2.45, 2.75) is 12.5 Å². The van der Waals surface area contributed by atoms with Gasteiger partial charge in [-0.15, -0.1) is 11.3 Å². The van der Waals surface area contributed by atoms with Crippen LogP contribution in [-0.4, -0.2) is 56.6 Å². The molecule has 10 heteroatoms. The maximum absolute atomic E-state index is 6.41. The van der Waals surface area contributed by atoms with Crippen LogP contribution in [0.2, 0.25) is 0 Å². The first-order chi connectivity index (χ1) is 17.1. The highest BCUT2D eigenvalue weighted by molar-refractivity contribution is 7.97. The van der Waals surface area contributed by atoms with Crippen LogP contribution in [0.3, 0.4) is 0 Å². The summed E-state index contributed by atoms with van der Waals surface area (Å²) in [6.07, 6.45) is 10.3. The number of benzene rings is 2. The summed E-state index contributed by atoms with van der Waals surface area (Å²) < 4.78 is 14.8. The lowest BCUT2D eigenvalue weighted by atomic mass is 10.1. The molecule has 3 aromatic heterocycles.